The lowest BCUT2D eigenvalue weighted by Crippen LogP contribution is -2.33. The van der Waals surface area contributed by atoms with Gasteiger partial charge in [0.25, 0.3) is 5.56 Å². The summed E-state index contributed by atoms with van der Waals surface area (Å²) in [4.78, 5) is 12.6. The summed E-state index contributed by atoms with van der Waals surface area (Å²) in [7, 11) is 1.62. The Kier molecular flexibility index (Phi) is 3.66. The molecule has 1 heterocycles. The predicted octanol–water partition coefficient (Wildman–Crippen LogP) is 1.41. The highest BCUT2D eigenvalue weighted by Gasteiger charge is 2.04. The first-order chi connectivity index (χ1) is 10.7. The summed E-state index contributed by atoms with van der Waals surface area (Å²) in [6.45, 7) is 3.93. The van der Waals surface area contributed by atoms with Gasteiger partial charge in [-0.05, 0) is 35.9 Å². The Morgan fingerprint density at radius 1 is 1.09 bits per heavy atom. The molecule has 0 spiro atoms. The van der Waals surface area contributed by atoms with Crippen LogP contribution < -0.4 is 20.9 Å². The fraction of sp³-hybridized carbons (Fsp3) is 0.0556. The van der Waals surface area contributed by atoms with Crippen LogP contribution in [0.1, 0.15) is 5.56 Å². The second kappa shape index (κ2) is 5.77. The Morgan fingerprint density at radius 2 is 1.77 bits per heavy atom. The molecule has 0 amide bonds. The molecule has 0 saturated carbocycles. The molecule has 1 aromatic heterocycles. The van der Waals surface area contributed by atoms with Crippen molar-refractivity contribution in [1.29, 1.82) is 0 Å². The van der Waals surface area contributed by atoms with Crippen LogP contribution in [0.25, 0.3) is 18.3 Å². The molecule has 0 aliphatic rings. The van der Waals surface area contributed by atoms with Gasteiger partial charge in [0.15, 0.2) is 0 Å². The maximum atomic E-state index is 12.6. The number of ether oxygens (including phenoxy) is 1. The first-order valence-electron chi connectivity index (χ1n) is 6.90. The number of hydrogen-bond acceptors (Lipinski definition) is 2. The molecule has 4 nitrogen and oxygen atoms in total. The van der Waals surface area contributed by atoms with E-state index in [1.807, 2.05) is 60.7 Å². The maximum Gasteiger partial charge on any atom is 0.279 e. The minimum absolute atomic E-state index is 0.119. The average Bonchev–Trinajstić information content (AvgIpc) is 2.84. The van der Waals surface area contributed by atoms with Gasteiger partial charge in [0.2, 0.25) is 0 Å². The van der Waals surface area contributed by atoms with E-state index in [1.54, 1.807) is 7.11 Å². The van der Waals surface area contributed by atoms with Crippen LogP contribution in [0.3, 0.4) is 0 Å². The van der Waals surface area contributed by atoms with Crippen molar-refractivity contribution in [3.63, 3.8) is 0 Å². The van der Waals surface area contributed by atoms with Gasteiger partial charge in [0.1, 0.15) is 5.75 Å². The molecule has 0 unspecified atom stereocenters. The third kappa shape index (κ3) is 2.59. The first kappa shape index (κ1) is 13.9. The topological polar surface area (TPSA) is 47.0 Å². The number of aromatic amines is 1. The molecule has 0 radical (unpaired) electrons. The molecule has 4 heteroatoms. The monoisotopic (exact) mass is 292 g/mol. The smallest absolute Gasteiger partial charge is 0.279 e. The van der Waals surface area contributed by atoms with Crippen LogP contribution in [0.2, 0.25) is 0 Å². The van der Waals surface area contributed by atoms with Gasteiger partial charge < -0.3 is 4.74 Å². The first-order valence-corrected chi connectivity index (χ1v) is 6.90. The largest absolute Gasteiger partial charge is 0.497 e. The van der Waals surface area contributed by atoms with Crippen molar-refractivity contribution in [2.45, 2.75) is 0 Å². The quantitative estimate of drug-likeness (QED) is 0.793. The third-order valence-electron chi connectivity index (χ3n) is 3.45. The Labute approximate surface area is 127 Å². The number of nitrogens with zero attached hydrogens (tertiary/aromatic N) is 1. The van der Waals surface area contributed by atoms with E-state index in [0.717, 1.165) is 17.0 Å². The van der Waals surface area contributed by atoms with Crippen LogP contribution in [-0.4, -0.2) is 16.9 Å². The van der Waals surface area contributed by atoms with Crippen LogP contribution >= 0.6 is 0 Å². The average molecular weight is 292 g/mol. The molecule has 22 heavy (non-hydrogen) atoms. The standard InChI is InChI=1S/C18H16N2O2/c1-13-17(12-14-8-10-16(22-2)11-9-14)18(21)20(19-13)15-6-4-3-5-7-15/h3-12,19H,1H2,2H3/b17-12+. The molecule has 0 atom stereocenters. The fourth-order valence-electron chi connectivity index (χ4n) is 2.27. The predicted molar refractivity (Wildman–Crippen MR) is 87.7 cm³/mol. The van der Waals surface area contributed by atoms with Crippen LogP contribution in [-0.2, 0) is 0 Å². The minimum atomic E-state index is -0.119. The number of hydrogen-bond donors (Lipinski definition) is 1. The number of aromatic nitrogens is 2. The Hall–Kier alpha value is -3.01. The molecule has 3 aromatic rings. The van der Waals surface area contributed by atoms with E-state index in [-0.39, 0.29) is 5.56 Å². The van der Waals surface area contributed by atoms with Crippen molar-refractivity contribution in [1.82, 2.24) is 9.78 Å². The highest BCUT2D eigenvalue weighted by Crippen LogP contribution is 2.11. The molecule has 3 rings (SSSR count). The Morgan fingerprint density at radius 3 is 2.41 bits per heavy atom. The number of methoxy groups -OCH3 is 1. The van der Waals surface area contributed by atoms with Gasteiger partial charge in [-0.1, -0.05) is 36.9 Å². The van der Waals surface area contributed by atoms with Gasteiger partial charge in [-0.15, -0.1) is 0 Å². The van der Waals surface area contributed by atoms with E-state index < -0.39 is 0 Å². The van der Waals surface area contributed by atoms with E-state index in [4.69, 9.17) is 4.74 Å². The molecule has 110 valence electrons. The molecule has 0 aliphatic carbocycles. The van der Waals surface area contributed by atoms with Crippen molar-refractivity contribution < 1.29 is 4.74 Å². The molecular formula is C18H16N2O2. The zero-order valence-corrected chi connectivity index (χ0v) is 12.2. The van der Waals surface area contributed by atoms with E-state index in [9.17, 15) is 4.79 Å². The lowest BCUT2D eigenvalue weighted by atomic mass is 10.2. The van der Waals surface area contributed by atoms with Gasteiger partial charge in [0, 0.05) is 0 Å². The Bertz CT molecular complexity index is 935. The summed E-state index contributed by atoms with van der Waals surface area (Å²) in [6.07, 6.45) is 1.82. The minimum Gasteiger partial charge on any atom is -0.497 e. The number of para-hydroxylation sites is 1. The molecule has 2 aromatic carbocycles. The van der Waals surface area contributed by atoms with Crippen molar-refractivity contribution >= 4 is 12.7 Å². The van der Waals surface area contributed by atoms with Crippen LogP contribution in [0.15, 0.2) is 59.4 Å². The number of H-pyrrole nitrogens is 1. The fourth-order valence-corrected chi connectivity index (χ4v) is 2.27. The normalized spacial score (nSPS) is 11.6. The summed E-state index contributed by atoms with van der Waals surface area (Å²) in [5.74, 6) is 0.780. The van der Waals surface area contributed by atoms with Crippen molar-refractivity contribution in [3.8, 4) is 11.4 Å². The number of nitrogens with one attached hydrogen (secondary N) is 1. The van der Waals surface area contributed by atoms with E-state index >= 15 is 0 Å². The van der Waals surface area contributed by atoms with Crippen LogP contribution in [0, 0.1) is 0 Å². The van der Waals surface area contributed by atoms with Gasteiger partial charge >= 0.3 is 0 Å². The van der Waals surface area contributed by atoms with Crippen molar-refractivity contribution in [3.05, 3.63) is 81.1 Å². The summed E-state index contributed by atoms with van der Waals surface area (Å²) >= 11 is 0. The van der Waals surface area contributed by atoms with Crippen molar-refractivity contribution in [2.75, 3.05) is 7.11 Å². The molecule has 1 N–H and O–H groups in total. The zero-order chi connectivity index (χ0) is 15.5. The number of rotatable bonds is 3. The van der Waals surface area contributed by atoms with Crippen LogP contribution in [0.5, 0.6) is 5.75 Å². The summed E-state index contributed by atoms with van der Waals surface area (Å²) in [5, 5.41) is 4.15. The van der Waals surface area contributed by atoms with E-state index in [1.165, 1.54) is 4.68 Å². The number of benzene rings is 2. The second-order valence-electron chi connectivity index (χ2n) is 4.90. The third-order valence-corrected chi connectivity index (χ3v) is 3.45. The van der Waals surface area contributed by atoms with Gasteiger partial charge in [-0.3, -0.25) is 9.89 Å². The van der Waals surface area contributed by atoms with Gasteiger partial charge in [0.05, 0.1) is 23.4 Å². The highest BCUT2D eigenvalue weighted by atomic mass is 16.5. The van der Waals surface area contributed by atoms with E-state index in [2.05, 4.69) is 11.7 Å². The van der Waals surface area contributed by atoms with Crippen molar-refractivity contribution in [2.24, 2.45) is 0 Å². The van der Waals surface area contributed by atoms with Gasteiger partial charge in [-0.2, -0.15) is 0 Å². The lowest BCUT2D eigenvalue weighted by molar-refractivity contribution is 0.415. The summed E-state index contributed by atoms with van der Waals surface area (Å²) in [6, 6.07) is 16.9. The Balaban J connectivity index is 2.12. The highest BCUT2D eigenvalue weighted by molar-refractivity contribution is 5.50. The second-order valence-corrected chi connectivity index (χ2v) is 4.90. The molecule has 0 saturated heterocycles. The van der Waals surface area contributed by atoms with E-state index in [0.29, 0.717) is 10.6 Å². The lowest BCUT2D eigenvalue weighted by Gasteiger charge is -1.99. The molecule has 0 aliphatic heterocycles. The van der Waals surface area contributed by atoms with Crippen LogP contribution in [0.4, 0.5) is 0 Å². The summed E-state index contributed by atoms with van der Waals surface area (Å²) in [5.41, 5.74) is 1.58. The molecule has 0 fully saturated rings. The maximum absolute atomic E-state index is 12.6. The zero-order valence-electron chi connectivity index (χ0n) is 12.2. The molecule has 0 bridgehead atoms. The molecular weight excluding hydrogens is 276 g/mol. The summed E-state index contributed by atoms with van der Waals surface area (Å²) < 4.78 is 6.63. The SMILES string of the molecule is C=c1[nH]n(-c2ccccc2)c(=O)/c1=C/c1ccc(OC)cc1. The van der Waals surface area contributed by atoms with Gasteiger partial charge in [-0.25, -0.2) is 4.68 Å².